The van der Waals surface area contributed by atoms with Gasteiger partial charge in [-0.05, 0) is 30.6 Å². The van der Waals surface area contributed by atoms with Gasteiger partial charge in [0.05, 0.1) is 0 Å². The Balaban J connectivity index is 2.10. The molecule has 2 heterocycles. The maximum atomic E-state index is 4.68. The van der Waals surface area contributed by atoms with E-state index in [1.807, 2.05) is 0 Å². The Morgan fingerprint density at radius 2 is 2.05 bits per heavy atom. The molecule has 0 spiro atoms. The maximum Gasteiger partial charge on any atom is 0.0461 e. The number of hydrogen-bond acceptors (Lipinski definition) is 3. The van der Waals surface area contributed by atoms with Crippen LogP contribution in [-0.4, -0.2) is 48.5 Å². The fourth-order valence-corrected chi connectivity index (χ4v) is 2.43. The first-order valence-corrected chi connectivity index (χ1v) is 7.21. The SMILES string of the molecule is CN(C)CCN1CCc2ncc(C(C)(C)C)cc2C1. The van der Waals surface area contributed by atoms with Gasteiger partial charge in [0, 0.05) is 44.5 Å². The normalized spacial score (nSPS) is 16.7. The first-order valence-electron chi connectivity index (χ1n) is 7.21. The molecule has 0 saturated heterocycles. The Hall–Kier alpha value is -0.930. The molecular formula is C16H27N3. The van der Waals surface area contributed by atoms with E-state index < -0.39 is 0 Å². The van der Waals surface area contributed by atoms with Gasteiger partial charge in [-0.15, -0.1) is 0 Å². The molecule has 3 heteroatoms. The molecule has 0 radical (unpaired) electrons. The zero-order valence-electron chi connectivity index (χ0n) is 13.0. The van der Waals surface area contributed by atoms with E-state index in [0.29, 0.717) is 0 Å². The molecule has 1 aromatic rings. The zero-order chi connectivity index (χ0) is 14.0. The van der Waals surface area contributed by atoms with Crippen LogP contribution in [-0.2, 0) is 18.4 Å². The smallest absolute Gasteiger partial charge is 0.0461 e. The number of aromatic nitrogens is 1. The van der Waals surface area contributed by atoms with Crippen LogP contribution < -0.4 is 0 Å². The highest BCUT2D eigenvalue weighted by Gasteiger charge is 2.21. The first-order chi connectivity index (χ1) is 8.86. The number of nitrogens with zero attached hydrogens (tertiary/aromatic N) is 3. The Bertz CT molecular complexity index is 432. The Kier molecular flexibility index (Phi) is 4.26. The average Bonchev–Trinajstić information content (AvgIpc) is 2.34. The number of rotatable bonds is 3. The predicted octanol–water partition coefficient (Wildman–Crippen LogP) is 2.30. The summed E-state index contributed by atoms with van der Waals surface area (Å²) < 4.78 is 0. The lowest BCUT2D eigenvalue weighted by Crippen LogP contribution is -2.36. The van der Waals surface area contributed by atoms with Crippen molar-refractivity contribution < 1.29 is 0 Å². The van der Waals surface area contributed by atoms with Crippen LogP contribution in [0.1, 0.15) is 37.6 Å². The lowest BCUT2D eigenvalue weighted by atomic mass is 9.86. The van der Waals surface area contributed by atoms with E-state index >= 15 is 0 Å². The van der Waals surface area contributed by atoms with Crippen LogP contribution in [0.4, 0.5) is 0 Å². The molecule has 106 valence electrons. The second-order valence-electron chi connectivity index (χ2n) is 6.91. The fourth-order valence-electron chi connectivity index (χ4n) is 2.43. The first kappa shape index (κ1) is 14.5. The molecule has 0 aromatic carbocycles. The van der Waals surface area contributed by atoms with Gasteiger partial charge in [-0.2, -0.15) is 0 Å². The summed E-state index contributed by atoms with van der Waals surface area (Å²) in [6.07, 6.45) is 3.15. The van der Waals surface area contributed by atoms with Crippen LogP contribution in [0.5, 0.6) is 0 Å². The third-order valence-electron chi connectivity index (χ3n) is 3.85. The van der Waals surface area contributed by atoms with Gasteiger partial charge in [-0.25, -0.2) is 0 Å². The van der Waals surface area contributed by atoms with Crippen molar-refractivity contribution in [2.24, 2.45) is 0 Å². The van der Waals surface area contributed by atoms with Crippen molar-refractivity contribution in [3.8, 4) is 0 Å². The molecule has 3 nitrogen and oxygen atoms in total. The van der Waals surface area contributed by atoms with E-state index in [1.54, 1.807) is 0 Å². The second-order valence-corrected chi connectivity index (χ2v) is 6.91. The summed E-state index contributed by atoms with van der Waals surface area (Å²) in [4.78, 5) is 9.47. The molecule has 0 saturated carbocycles. The minimum absolute atomic E-state index is 0.188. The van der Waals surface area contributed by atoms with E-state index in [0.717, 1.165) is 32.6 Å². The Morgan fingerprint density at radius 1 is 1.32 bits per heavy atom. The monoisotopic (exact) mass is 261 g/mol. The van der Waals surface area contributed by atoms with Crippen molar-refractivity contribution in [1.82, 2.24) is 14.8 Å². The molecule has 19 heavy (non-hydrogen) atoms. The molecule has 1 aliphatic rings. The van der Waals surface area contributed by atoms with Crippen molar-refractivity contribution >= 4 is 0 Å². The minimum Gasteiger partial charge on any atom is -0.308 e. The summed E-state index contributed by atoms with van der Waals surface area (Å²) in [5, 5.41) is 0. The molecule has 2 rings (SSSR count). The van der Waals surface area contributed by atoms with Crippen molar-refractivity contribution in [3.05, 3.63) is 29.1 Å². The molecule has 1 aliphatic heterocycles. The highest BCUT2D eigenvalue weighted by molar-refractivity contribution is 5.30. The average molecular weight is 261 g/mol. The second kappa shape index (κ2) is 5.59. The molecular weight excluding hydrogens is 234 g/mol. The van der Waals surface area contributed by atoms with E-state index in [9.17, 15) is 0 Å². The van der Waals surface area contributed by atoms with Crippen LogP contribution in [0.3, 0.4) is 0 Å². The van der Waals surface area contributed by atoms with E-state index in [-0.39, 0.29) is 5.41 Å². The van der Waals surface area contributed by atoms with E-state index in [4.69, 9.17) is 0 Å². The Labute approximate surface area is 117 Å². The lowest BCUT2D eigenvalue weighted by Gasteiger charge is -2.30. The fraction of sp³-hybridized carbons (Fsp3) is 0.688. The topological polar surface area (TPSA) is 19.4 Å². The van der Waals surface area contributed by atoms with Crippen LogP contribution >= 0.6 is 0 Å². The molecule has 0 bridgehead atoms. The molecule has 0 unspecified atom stereocenters. The number of pyridine rings is 1. The van der Waals surface area contributed by atoms with Crippen molar-refractivity contribution in [3.63, 3.8) is 0 Å². The summed E-state index contributed by atoms with van der Waals surface area (Å²) in [6, 6.07) is 2.37. The zero-order valence-corrected chi connectivity index (χ0v) is 13.0. The highest BCUT2D eigenvalue weighted by Crippen LogP contribution is 2.25. The quantitative estimate of drug-likeness (QED) is 0.832. The van der Waals surface area contributed by atoms with Gasteiger partial charge in [-0.3, -0.25) is 9.88 Å². The summed E-state index contributed by atoms with van der Waals surface area (Å²) in [6.45, 7) is 11.2. The standard InChI is InChI=1S/C16H27N3/c1-16(2,3)14-10-13-12-19(9-8-18(4)5)7-6-15(13)17-11-14/h10-11H,6-9,12H2,1-5H3. The summed E-state index contributed by atoms with van der Waals surface area (Å²) in [5.41, 5.74) is 4.26. The van der Waals surface area contributed by atoms with Gasteiger partial charge in [-0.1, -0.05) is 26.8 Å². The molecule has 0 atom stereocenters. The molecule has 0 N–H and O–H groups in total. The van der Waals surface area contributed by atoms with Crippen LogP contribution in [0.15, 0.2) is 12.3 Å². The van der Waals surface area contributed by atoms with Crippen molar-refractivity contribution in [2.45, 2.75) is 39.2 Å². The number of fused-ring (bicyclic) bond motifs is 1. The number of hydrogen-bond donors (Lipinski definition) is 0. The summed E-state index contributed by atoms with van der Waals surface area (Å²) >= 11 is 0. The summed E-state index contributed by atoms with van der Waals surface area (Å²) in [5.74, 6) is 0. The van der Waals surface area contributed by atoms with E-state index in [1.165, 1.54) is 16.8 Å². The predicted molar refractivity (Wildman–Crippen MR) is 80.5 cm³/mol. The molecule has 0 amide bonds. The van der Waals surface area contributed by atoms with Crippen LogP contribution in [0.2, 0.25) is 0 Å². The van der Waals surface area contributed by atoms with Gasteiger partial charge in [0.2, 0.25) is 0 Å². The van der Waals surface area contributed by atoms with Crippen molar-refractivity contribution in [1.29, 1.82) is 0 Å². The van der Waals surface area contributed by atoms with Crippen LogP contribution in [0.25, 0.3) is 0 Å². The third-order valence-corrected chi connectivity index (χ3v) is 3.85. The van der Waals surface area contributed by atoms with Crippen molar-refractivity contribution in [2.75, 3.05) is 33.7 Å². The highest BCUT2D eigenvalue weighted by atomic mass is 15.2. The molecule has 1 aromatic heterocycles. The van der Waals surface area contributed by atoms with Gasteiger partial charge in [0.1, 0.15) is 0 Å². The largest absolute Gasteiger partial charge is 0.308 e. The Morgan fingerprint density at radius 3 is 2.68 bits per heavy atom. The minimum atomic E-state index is 0.188. The van der Waals surface area contributed by atoms with Gasteiger partial charge in [0.25, 0.3) is 0 Å². The van der Waals surface area contributed by atoms with Crippen LogP contribution in [0, 0.1) is 0 Å². The molecule has 0 fully saturated rings. The summed E-state index contributed by atoms with van der Waals surface area (Å²) in [7, 11) is 4.27. The number of likely N-dealkylation sites (N-methyl/N-ethyl adjacent to an activating group) is 1. The third kappa shape index (κ3) is 3.77. The van der Waals surface area contributed by atoms with E-state index in [2.05, 4.69) is 61.9 Å². The van der Waals surface area contributed by atoms with Gasteiger partial charge < -0.3 is 4.90 Å². The lowest BCUT2D eigenvalue weighted by molar-refractivity contribution is 0.223. The molecule has 0 aliphatic carbocycles. The maximum absolute atomic E-state index is 4.68. The van der Waals surface area contributed by atoms with Gasteiger partial charge >= 0.3 is 0 Å². The van der Waals surface area contributed by atoms with Gasteiger partial charge in [0.15, 0.2) is 0 Å².